The van der Waals surface area contributed by atoms with Gasteiger partial charge >= 0.3 is 0 Å². The van der Waals surface area contributed by atoms with Crippen molar-refractivity contribution in [2.24, 2.45) is 4.99 Å². The van der Waals surface area contributed by atoms with Crippen LogP contribution in [-0.4, -0.2) is 55.6 Å². The smallest absolute Gasteiger partial charge is 0.159 e. The Balaban J connectivity index is 2.09. The van der Waals surface area contributed by atoms with Crippen LogP contribution in [0.4, 0.5) is 0 Å². The lowest BCUT2D eigenvalue weighted by Gasteiger charge is -2.33. The van der Waals surface area contributed by atoms with Crippen LogP contribution in [0.5, 0.6) is 0 Å². The van der Waals surface area contributed by atoms with Gasteiger partial charge in [0.2, 0.25) is 0 Å². The molecule has 1 aliphatic rings. The number of nitrogens with one attached hydrogen (secondary N) is 1. The second-order valence-electron chi connectivity index (χ2n) is 7.67. The number of unbranched alkanes of at least 4 members (excludes halogenated alkanes) is 1. The van der Waals surface area contributed by atoms with Crippen molar-refractivity contribution in [2.75, 3.05) is 33.4 Å². The van der Waals surface area contributed by atoms with E-state index in [1.165, 1.54) is 42.0 Å². The number of amidine groups is 1. The first-order chi connectivity index (χ1) is 12.6. The minimum atomic E-state index is 0.564. The van der Waals surface area contributed by atoms with Gasteiger partial charge in [-0.3, -0.25) is 4.99 Å². The zero-order valence-corrected chi connectivity index (χ0v) is 18.2. The van der Waals surface area contributed by atoms with Gasteiger partial charge in [0.05, 0.1) is 20.1 Å². The van der Waals surface area contributed by atoms with Crippen LogP contribution in [0.1, 0.15) is 50.7 Å². The van der Waals surface area contributed by atoms with Crippen LogP contribution in [-0.2, 0) is 12.8 Å². The molecule has 1 atom stereocenters. The van der Waals surface area contributed by atoms with E-state index in [9.17, 15) is 0 Å². The Labute approximate surface area is 165 Å². The average Bonchev–Trinajstić information content (AvgIpc) is 3.06. The molecule has 1 N–H and O–H groups in total. The Morgan fingerprint density at radius 2 is 1.85 bits per heavy atom. The van der Waals surface area contributed by atoms with Crippen molar-refractivity contribution < 1.29 is 4.90 Å². The van der Waals surface area contributed by atoms with Crippen molar-refractivity contribution in [2.45, 2.75) is 64.5 Å². The molecule has 0 saturated carbocycles. The fourth-order valence-corrected chi connectivity index (χ4v) is 4.86. The number of fused-ring (bicyclic) bond motifs is 1. The maximum atomic E-state index is 4.67. The highest BCUT2D eigenvalue weighted by Crippen LogP contribution is 2.27. The summed E-state index contributed by atoms with van der Waals surface area (Å²) in [5.74, 6) is 1.08. The number of hydrogen-bond donors (Lipinski definition) is 1. The van der Waals surface area contributed by atoms with Gasteiger partial charge in [0.25, 0.3) is 0 Å². The topological polar surface area (TPSA) is 20.0 Å². The van der Waals surface area contributed by atoms with E-state index in [-0.39, 0.29) is 0 Å². The second kappa shape index (κ2) is 11.0. The molecule has 0 aliphatic heterocycles. The summed E-state index contributed by atoms with van der Waals surface area (Å²) in [4.78, 5) is 8.88. The number of hydrogen-bond acceptors (Lipinski definition) is 2. The van der Waals surface area contributed by atoms with E-state index in [0.717, 1.165) is 31.2 Å². The number of rotatable bonds is 9. The molecular weight excluding hydrogens is 338 g/mol. The molecule has 1 aromatic rings. The van der Waals surface area contributed by atoms with Crippen LogP contribution < -0.4 is 4.90 Å². The first kappa shape index (κ1) is 21.3. The van der Waals surface area contributed by atoms with Gasteiger partial charge in [0, 0.05) is 26.1 Å². The molecule has 0 bridgehead atoms. The quantitative estimate of drug-likeness (QED) is 0.527. The Morgan fingerprint density at radius 1 is 1.19 bits per heavy atom. The number of quaternary nitrogens is 1. The van der Waals surface area contributed by atoms with Gasteiger partial charge in [0.1, 0.15) is 0 Å². The molecule has 4 heteroatoms. The Bertz CT molecular complexity index is 545. The summed E-state index contributed by atoms with van der Waals surface area (Å²) < 4.78 is 0. The summed E-state index contributed by atoms with van der Waals surface area (Å²) in [6.07, 6.45) is 7.53. The third-order valence-electron chi connectivity index (χ3n) is 5.62. The molecule has 3 nitrogen and oxygen atoms in total. The number of nitrogens with zero attached hydrogens (tertiary/aromatic N) is 2. The minimum Gasteiger partial charge on any atom is -0.348 e. The van der Waals surface area contributed by atoms with Crippen molar-refractivity contribution >= 4 is 16.9 Å². The van der Waals surface area contributed by atoms with Crippen LogP contribution in [0.3, 0.4) is 0 Å². The fourth-order valence-electron chi connectivity index (χ4n) is 4.06. The zero-order valence-electron chi connectivity index (χ0n) is 17.4. The Morgan fingerprint density at radius 3 is 2.35 bits per heavy atom. The third-order valence-corrected chi connectivity index (χ3v) is 6.59. The maximum absolute atomic E-state index is 4.67. The van der Waals surface area contributed by atoms with E-state index in [1.54, 1.807) is 4.90 Å². The molecule has 0 saturated heterocycles. The predicted molar refractivity (Wildman–Crippen MR) is 117 cm³/mol. The highest BCUT2D eigenvalue weighted by molar-refractivity contribution is 8.13. The maximum Gasteiger partial charge on any atom is 0.159 e. The normalized spacial score (nSPS) is 16.2. The van der Waals surface area contributed by atoms with Crippen molar-refractivity contribution in [1.82, 2.24) is 4.90 Å². The molecule has 26 heavy (non-hydrogen) atoms. The van der Waals surface area contributed by atoms with E-state index < -0.39 is 0 Å². The van der Waals surface area contributed by atoms with E-state index >= 15 is 0 Å². The molecule has 146 valence electrons. The van der Waals surface area contributed by atoms with Crippen LogP contribution >= 0.6 is 11.8 Å². The molecule has 0 amide bonds. The molecule has 1 aromatic carbocycles. The highest BCUT2D eigenvalue weighted by atomic mass is 32.2. The van der Waals surface area contributed by atoms with Gasteiger partial charge in [0.15, 0.2) is 5.17 Å². The van der Waals surface area contributed by atoms with Crippen molar-refractivity contribution in [3.63, 3.8) is 0 Å². The third kappa shape index (κ3) is 5.75. The van der Waals surface area contributed by atoms with Crippen LogP contribution in [0.25, 0.3) is 0 Å². The average molecular weight is 377 g/mol. The molecule has 0 radical (unpaired) electrons. The highest BCUT2D eigenvalue weighted by Gasteiger charge is 2.29. The van der Waals surface area contributed by atoms with Gasteiger partial charge in [-0.1, -0.05) is 56.3 Å². The van der Waals surface area contributed by atoms with Gasteiger partial charge in [-0.2, -0.15) is 0 Å². The van der Waals surface area contributed by atoms with Crippen LogP contribution in [0.15, 0.2) is 29.3 Å². The van der Waals surface area contributed by atoms with Gasteiger partial charge < -0.3 is 9.80 Å². The number of aliphatic imine (C=N–C) groups is 1. The molecule has 2 rings (SSSR count). The van der Waals surface area contributed by atoms with E-state index in [4.69, 9.17) is 0 Å². The lowest BCUT2D eigenvalue weighted by atomic mass is 10.0. The molecule has 0 spiro atoms. The van der Waals surface area contributed by atoms with Gasteiger partial charge in [-0.15, -0.1) is 0 Å². The second-order valence-corrected chi connectivity index (χ2v) is 8.90. The fraction of sp³-hybridized carbons (Fsp3) is 0.682. The van der Waals surface area contributed by atoms with Crippen LogP contribution in [0, 0.1) is 0 Å². The number of benzene rings is 1. The van der Waals surface area contributed by atoms with Crippen LogP contribution in [0.2, 0.25) is 0 Å². The van der Waals surface area contributed by atoms with Crippen molar-refractivity contribution in [1.29, 1.82) is 0 Å². The van der Waals surface area contributed by atoms with Crippen molar-refractivity contribution in [3.05, 3.63) is 35.4 Å². The summed E-state index contributed by atoms with van der Waals surface area (Å²) in [6.45, 7) is 5.65. The molecule has 0 heterocycles. The van der Waals surface area contributed by atoms with Gasteiger partial charge in [-0.05, 0) is 42.6 Å². The molecule has 1 unspecified atom stereocenters. The predicted octanol–water partition coefficient (Wildman–Crippen LogP) is 3.29. The minimum absolute atomic E-state index is 0.564. The zero-order chi connectivity index (χ0) is 18.9. The summed E-state index contributed by atoms with van der Waals surface area (Å²) in [6, 6.07) is 10.3. The molecule has 1 aliphatic carbocycles. The van der Waals surface area contributed by atoms with E-state index in [1.807, 2.05) is 18.8 Å². The standard InChI is InChI=1S/C22H37N3S/c1-6-8-13-20(24(4)5)14-15-25(22(23-3)26-7-2)21-16-18-11-9-10-12-19(18)17-21/h9-12,20-21H,6-8,13-17H2,1-5H3/p+1. The molecule has 0 fully saturated rings. The molecular formula is C22H38N3S+. The monoisotopic (exact) mass is 376 g/mol. The summed E-state index contributed by atoms with van der Waals surface area (Å²) >= 11 is 1.90. The Kier molecular flexibility index (Phi) is 9.00. The van der Waals surface area contributed by atoms with E-state index in [2.05, 4.69) is 62.1 Å². The first-order valence-electron chi connectivity index (χ1n) is 10.3. The summed E-state index contributed by atoms with van der Waals surface area (Å²) in [5, 5.41) is 1.23. The first-order valence-corrected chi connectivity index (χ1v) is 11.3. The summed E-state index contributed by atoms with van der Waals surface area (Å²) in [5.41, 5.74) is 3.06. The largest absolute Gasteiger partial charge is 0.348 e. The molecule has 0 aromatic heterocycles. The van der Waals surface area contributed by atoms with E-state index in [0.29, 0.717) is 6.04 Å². The van der Waals surface area contributed by atoms with Gasteiger partial charge in [-0.25, -0.2) is 0 Å². The SMILES string of the molecule is CCCCC(CCN(C(=NC)SCC)C1Cc2ccccc2C1)[NH+](C)C. The number of thioether (sulfide) groups is 1. The summed E-state index contributed by atoms with van der Waals surface area (Å²) in [7, 11) is 6.58. The van der Waals surface area contributed by atoms with Crippen molar-refractivity contribution in [3.8, 4) is 0 Å². The lowest BCUT2D eigenvalue weighted by molar-refractivity contribution is -0.886. The lowest BCUT2D eigenvalue weighted by Crippen LogP contribution is -3.10. The Hall–Kier alpha value is -1.00.